The summed E-state index contributed by atoms with van der Waals surface area (Å²) in [5.41, 5.74) is 0. The first-order chi connectivity index (χ1) is 12.1. The molecule has 0 bridgehead atoms. The molecule has 0 saturated heterocycles. The lowest BCUT2D eigenvalue weighted by molar-refractivity contribution is -0.120. The lowest BCUT2D eigenvalue weighted by Crippen LogP contribution is -2.45. The number of hydrogen-bond donors (Lipinski definition) is 2. The molecule has 25 heavy (non-hydrogen) atoms. The Kier molecular flexibility index (Phi) is 5.55. The average molecular weight is 344 g/mol. The Morgan fingerprint density at radius 1 is 1.32 bits per heavy atom. The van der Waals surface area contributed by atoms with Crippen molar-refractivity contribution in [1.82, 2.24) is 20.4 Å². The van der Waals surface area contributed by atoms with E-state index in [-0.39, 0.29) is 30.6 Å². The quantitative estimate of drug-likeness (QED) is 0.793. The Hall–Kier alpha value is -2.54. The molecule has 0 saturated carbocycles. The maximum Gasteiger partial charge on any atom is 0.234 e. The van der Waals surface area contributed by atoms with Gasteiger partial charge in [-0.1, -0.05) is 12.1 Å². The molecule has 2 N–H and O–H groups in total. The highest BCUT2D eigenvalue weighted by Gasteiger charge is 2.21. The van der Waals surface area contributed by atoms with Crippen molar-refractivity contribution in [2.75, 3.05) is 19.7 Å². The lowest BCUT2D eigenvalue weighted by Gasteiger charge is -2.26. The molecule has 2 aromatic rings. The van der Waals surface area contributed by atoms with Crippen molar-refractivity contribution in [2.45, 2.75) is 32.0 Å². The predicted octanol–water partition coefficient (Wildman–Crippen LogP) is 1.38. The minimum absolute atomic E-state index is 0.0676. The van der Waals surface area contributed by atoms with Crippen LogP contribution in [0, 0.1) is 0 Å². The van der Waals surface area contributed by atoms with Gasteiger partial charge < -0.3 is 20.1 Å². The zero-order chi connectivity index (χ0) is 17.6. The Labute approximate surface area is 147 Å². The zero-order valence-corrected chi connectivity index (χ0v) is 14.5. The molecule has 3 rings (SSSR count). The summed E-state index contributed by atoms with van der Waals surface area (Å²) in [6.07, 6.45) is 3.49. The van der Waals surface area contributed by atoms with Gasteiger partial charge in [0.2, 0.25) is 5.91 Å². The highest BCUT2D eigenvalue weighted by Crippen LogP contribution is 2.30. The first-order valence-electron chi connectivity index (χ1n) is 8.51. The molecule has 1 aliphatic rings. The highest BCUT2D eigenvalue weighted by molar-refractivity contribution is 5.78. The van der Waals surface area contributed by atoms with E-state index < -0.39 is 0 Å². The minimum Gasteiger partial charge on any atom is -0.486 e. The van der Waals surface area contributed by atoms with Crippen molar-refractivity contribution in [3.8, 4) is 11.5 Å². The number of para-hydroxylation sites is 2. The van der Waals surface area contributed by atoms with Crippen LogP contribution in [-0.4, -0.2) is 47.5 Å². The highest BCUT2D eigenvalue weighted by atomic mass is 16.6. The standard InChI is InChI=1S/C18H24N4O3/c1-13(14(2)22-9-5-8-21-22)19-11-18(23)20-10-15-12-24-16-6-3-4-7-17(16)25-15/h3-9,13-15,19H,10-12H2,1-2H3,(H,20,23)/t13-,14-,15+/m0/s1. The summed E-state index contributed by atoms with van der Waals surface area (Å²) in [5, 5.41) is 10.3. The van der Waals surface area contributed by atoms with Gasteiger partial charge in [0.25, 0.3) is 0 Å². The lowest BCUT2D eigenvalue weighted by atomic mass is 10.2. The van der Waals surface area contributed by atoms with Crippen molar-refractivity contribution < 1.29 is 14.3 Å². The van der Waals surface area contributed by atoms with Crippen molar-refractivity contribution in [3.63, 3.8) is 0 Å². The van der Waals surface area contributed by atoms with Gasteiger partial charge in [-0.3, -0.25) is 9.48 Å². The van der Waals surface area contributed by atoms with E-state index in [2.05, 4.69) is 22.7 Å². The molecule has 0 unspecified atom stereocenters. The fraction of sp³-hybridized carbons (Fsp3) is 0.444. The molecule has 0 spiro atoms. The maximum atomic E-state index is 12.1. The average Bonchev–Trinajstić information content (AvgIpc) is 3.18. The largest absolute Gasteiger partial charge is 0.486 e. The number of carbonyl (C=O) groups excluding carboxylic acids is 1. The topological polar surface area (TPSA) is 77.4 Å². The van der Waals surface area contributed by atoms with Crippen LogP contribution in [0.5, 0.6) is 11.5 Å². The van der Waals surface area contributed by atoms with Crippen LogP contribution in [0.4, 0.5) is 0 Å². The Morgan fingerprint density at radius 2 is 2.12 bits per heavy atom. The Bertz CT molecular complexity index is 689. The third-order valence-corrected chi connectivity index (χ3v) is 4.34. The number of amides is 1. The Balaban J connectivity index is 1.39. The normalized spacial score (nSPS) is 18.4. The van der Waals surface area contributed by atoms with Gasteiger partial charge >= 0.3 is 0 Å². The third-order valence-electron chi connectivity index (χ3n) is 4.34. The predicted molar refractivity (Wildman–Crippen MR) is 93.8 cm³/mol. The number of ether oxygens (including phenoxy) is 2. The molecule has 0 fully saturated rings. The third kappa shape index (κ3) is 4.51. The van der Waals surface area contributed by atoms with Gasteiger partial charge in [-0.2, -0.15) is 5.10 Å². The molecule has 1 aliphatic heterocycles. The molecule has 1 aromatic heterocycles. The monoisotopic (exact) mass is 344 g/mol. The summed E-state index contributed by atoms with van der Waals surface area (Å²) in [6.45, 7) is 5.19. The fourth-order valence-electron chi connectivity index (χ4n) is 2.63. The molecule has 7 nitrogen and oxygen atoms in total. The van der Waals surface area contributed by atoms with E-state index in [1.165, 1.54) is 0 Å². The van der Waals surface area contributed by atoms with Crippen LogP contribution in [0.3, 0.4) is 0 Å². The number of benzene rings is 1. The van der Waals surface area contributed by atoms with Crippen LogP contribution in [-0.2, 0) is 4.79 Å². The molecular formula is C18H24N4O3. The van der Waals surface area contributed by atoms with Crippen molar-refractivity contribution in [2.24, 2.45) is 0 Å². The minimum atomic E-state index is -0.181. The SMILES string of the molecule is C[C@H](NCC(=O)NC[C@@H]1COc2ccccc2O1)[C@H](C)n1cccn1. The van der Waals surface area contributed by atoms with Crippen molar-refractivity contribution in [3.05, 3.63) is 42.7 Å². The van der Waals surface area contributed by atoms with Gasteiger partial charge in [-0.15, -0.1) is 0 Å². The molecule has 1 amide bonds. The number of aromatic nitrogens is 2. The molecule has 0 aliphatic carbocycles. The second-order valence-corrected chi connectivity index (χ2v) is 6.20. The summed E-state index contributed by atoms with van der Waals surface area (Å²) in [6, 6.07) is 9.71. The van der Waals surface area contributed by atoms with Gasteiger partial charge in [0.1, 0.15) is 12.7 Å². The number of nitrogens with zero attached hydrogens (tertiary/aromatic N) is 2. The van der Waals surface area contributed by atoms with Gasteiger partial charge in [0.15, 0.2) is 11.5 Å². The van der Waals surface area contributed by atoms with Gasteiger partial charge in [0.05, 0.1) is 19.1 Å². The zero-order valence-electron chi connectivity index (χ0n) is 14.5. The van der Waals surface area contributed by atoms with Gasteiger partial charge in [-0.25, -0.2) is 0 Å². The second-order valence-electron chi connectivity index (χ2n) is 6.20. The van der Waals surface area contributed by atoms with Gasteiger partial charge in [0, 0.05) is 18.4 Å². The van der Waals surface area contributed by atoms with Crippen LogP contribution in [0.1, 0.15) is 19.9 Å². The number of carbonyl (C=O) groups is 1. The summed E-state index contributed by atoms with van der Waals surface area (Å²) in [7, 11) is 0. The molecule has 1 aromatic carbocycles. The summed E-state index contributed by atoms with van der Waals surface area (Å²) >= 11 is 0. The fourth-order valence-corrected chi connectivity index (χ4v) is 2.63. The van der Waals surface area contributed by atoms with Crippen molar-refractivity contribution >= 4 is 5.91 Å². The van der Waals surface area contributed by atoms with E-state index in [1.54, 1.807) is 6.20 Å². The molecule has 2 heterocycles. The van der Waals surface area contributed by atoms with E-state index in [4.69, 9.17) is 9.47 Å². The Morgan fingerprint density at radius 3 is 2.88 bits per heavy atom. The molecule has 3 atom stereocenters. The number of hydrogen-bond acceptors (Lipinski definition) is 5. The van der Waals surface area contributed by atoms with Crippen molar-refractivity contribution in [1.29, 1.82) is 0 Å². The van der Waals surface area contributed by atoms with E-state index in [0.29, 0.717) is 18.9 Å². The van der Waals surface area contributed by atoms with Gasteiger partial charge in [-0.05, 0) is 32.0 Å². The van der Waals surface area contributed by atoms with Crippen LogP contribution in [0.2, 0.25) is 0 Å². The van der Waals surface area contributed by atoms with E-state index in [0.717, 1.165) is 5.75 Å². The smallest absolute Gasteiger partial charge is 0.234 e. The van der Waals surface area contributed by atoms with Crippen LogP contribution in [0.15, 0.2) is 42.7 Å². The number of fused-ring (bicyclic) bond motifs is 1. The molecule has 7 heteroatoms. The van der Waals surface area contributed by atoms with E-state index >= 15 is 0 Å². The first kappa shape index (κ1) is 17.3. The van der Waals surface area contributed by atoms with Crippen LogP contribution >= 0.6 is 0 Å². The summed E-state index contributed by atoms with van der Waals surface area (Å²) in [5.74, 6) is 1.39. The first-order valence-corrected chi connectivity index (χ1v) is 8.51. The number of nitrogens with one attached hydrogen (secondary N) is 2. The molecular weight excluding hydrogens is 320 g/mol. The summed E-state index contributed by atoms with van der Waals surface area (Å²) in [4.78, 5) is 12.1. The second kappa shape index (κ2) is 8.02. The van der Waals surface area contributed by atoms with E-state index in [9.17, 15) is 4.79 Å². The molecule has 134 valence electrons. The summed E-state index contributed by atoms with van der Waals surface area (Å²) < 4.78 is 13.3. The van der Waals surface area contributed by atoms with Crippen LogP contribution in [0.25, 0.3) is 0 Å². The maximum absolute atomic E-state index is 12.1. The molecule has 0 radical (unpaired) electrons. The van der Waals surface area contributed by atoms with Crippen LogP contribution < -0.4 is 20.1 Å². The number of rotatable bonds is 7. The van der Waals surface area contributed by atoms with E-state index in [1.807, 2.05) is 48.1 Å².